The molecule has 8 heteroatoms. The minimum atomic E-state index is -3.54. The molecule has 0 spiro atoms. The number of ether oxygens (including phenoxy) is 1. The fourth-order valence-electron chi connectivity index (χ4n) is 1.46. The number of nitrogens with one attached hydrogen (secondary N) is 2. The smallest absolute Gasteiger partial charge is 0.250 e. The molecule has 0 aliphatic heterocycles. The maximum atomic E-state index is 11.7. The van der Waals surface area contributed by atoms with E-state index in [0.29, 0.717) is 18.8 Å². The average molecular weight is 301 g/mol. The third-order valence-electron chi connectivity index (χ3n) is 2.56. The van der Waals surface area contributed by atoms with Gasteiger partial charge in [0.1, 0.15) is 6.61 Å². The predicted molar refractivity (Wildman–Crippen MR) is 75.9 cm³/mol. The predicted octanol–water partition coefficient (Wildman–Crippen LogP) is -0.183. The van der Waals surface area contributed by atoms with Crippen LogP contribution in [0.5, 0.6) is 0 Å². The Hall–Kier alpha value is -1.48. The number of carbonyl (C=O) groups excluding carboxylic acids is 1. The van der Waals surface area contributed by atoms with Crippen LogP contribution < -0.4 is 15.8 Å². The largest absolute Gasteiger partial charge is 0.370 e. The molecule has 0 aliphatic carbocycles. The van der Waals surface area contributed by atoms with Gasteiger partial charge < -0.3 is 15.8 Å². The SMILES string of the molecule is CNS(=O)(=O)c1ccc(C)c(NC(=O)COCCN)c1. The first-order chi connectivity index (χ1) is 9.40. The molecule has 7 nitrogen and oxygen atoms in total. The third-order valence-corrected chi connectivity index (χ3v) is 3.97. The van der Waals surface area contributed by atoms with Crippen molar-refractivity contribution in [3.63, 3.8) is 0 Å². The fraction of sp³-hybridized carbons (Fsp3) is 0.417. The third kappa shape index (κ3) is 4.57. The first kappa shape index (κ1) is 16.6. The van der Waals surface area contributed by atoms with Crippen molar-refractivity contribution in [3.05, 3.63) is 23.8 Å². The maximum Gasteiger partial charge on any atom is 0.250 e. The number of hydrogen-bond acceptors (Lipinski definition) is 5. The van der Waals surface area contributed by atoms with Crippen LogP contribution in [-0.2, 0) is 19.6 Å². The highest BCUT2D eigenvalue weighted by atomic mass is 32.2. The Morgan fingerprint density at radius 2 is 2.10 bits per heavy atom. The number of benzene rings is 1. The van der Waals surface area contributed by atoms with E-state index in [1.807, 2.05) is 0 Å². The van der Waals surface area contributed by atoms with Crippen molar-refractivity contribution < 1.29 is 17.9 Å². The van der Waals surface area contributed by atoms with Gasteiger partial charge >= 0.3 is 0 Å². The molecule has 1 aromatic rings. The number of amides is 1. The monoisotopic (exact) mass is 301 g/mol. The van der Waals surface area contributed by atoms with Gasteiger partial charge in [-0.25, -0.2) is 13.1 Å². The summed E-state index contributed by atoms with van der Waals surface area (Å²) in [6.45, 7) is 2.27. The molecule has 0 saturated heterocycles. The molecule has 0 unspecified atom stereocenters. The van der Waals surface area contributed by atoms with Crippen LogP contribution in [0.1, 0.15) is 5.56 Å². The first-order valence-electron chi connectivity index (χ1n) is 6.02. The zero-order chi connectivity index (χ0) is 15.2. The van der Waals surface area contributed by atoms with Gasteiger partial charge in [-0.1, -0.05) is 6.07 Å². The molecular formula is C12H19N3O4S. The van der Waals surface area contributed by atoms with Gasteiger partial charge in [0.05, 0.1) is 11.5 Å². The summed E-state index contributed by atoms with van der Waals surface area (Å²) < 4.78 is 30.6. The second kappa shape index (κ2) is 7.34. The Morgan fingerprint density at radius 3 is 2.70 bits per heavy atom. The lowest BCUT2D eigenvalue weighted by Gasteiger charge is -2.11. The van der Waals surface area contributed by atoms with Crippen molar-refractivity contribution in [2.45, 2.75) is 11.8 Å². The summed E-state index contributed by atoms with van der Waals surface area (Å²) >= 11 is 0. The summed E-state index contributed by atoms with van der Waals surface area (Å²) in [5, 5.41) is 2.61. The van der Waals surface area contributed by atoms with Crippen molar-refractivity contribution >= 4 is 21.6 Å². The lowest BCUT2D eigenvalue weighted by atomic mass is 10.2. The topological polar surface area (TPSA) is 111 Å². The molecule has 0 atom stereocenters. The van der Waals surface area contributed by atoms with Gasteiger partial charge in [-0.3, -0.25) is 4.79 Å². The molecule has 0 bridgehead atoms. The van der Waals surface area contributed by atoms with Crippen LogP contribution in [-0.4, -0.2) is 41.1 Å². The number of carbonyl (C=O) groups is 1. The Bertz CT molecular complexity index is 572. The number of anilines is 1. The van der Waals surface area contributed by atoms with Crippen LogP contribution in [0.2, 0.25) is 0 Å². The van der Waals surface area contributed by atoms with E-state index >= 15 is 0 Å². The van der Waals surface area contributed by atoms with E-state index in [-0.39, 0.29) is 17.4 Å². The lowest BCUT2D eigenvalue weighted by Crippen LogP contribution is -2.22. The van der Waals surface area contributed by atoms with Gasteiger partial charge in [-0.15, -0.1) is 0 Å². The van der Waals surface area contributed by atoms with E-state index in [2.05, 4.69) is 10.0 Å². The van der Waals surface area contributed by atoms with Gasteiger partial charge in [0.15, 0.2) is 0 Å². The van der Waals surface area contributed by atoms with Crippen LogP contribution in [0.15, 0.2) is 23.1 Å². The van der Waals surface area contributed by atoms with Crippen LogP contribution in [0, 0.1) is 6.92 Å². The minimum Gasteiger partial charge on any atom is -0.370 e. The van der Waals surface area contributed by atoms with Crippen LogP contribution >= 0.6 is 0 Å². The van der Waals surface area contributed by atoms with E-state index < -0.39 is 10.0 Å². The number of hydrogen-bond donors (Lipinski definition) is 3. The number of aryl methyl sites for hydroxylation is 1. The molecule has 0 fully saturated rings. The van der Waals surface area contributed by atoms with Crippen LogP contribution in [0.4, 0.5) is 5.69 Å². The molecule has 0 saturated carbocycles. The molecule has 112 valence electrons. The molecular weight excluding hydrogens is 282 g/mol. The summed E-state index contributed by atoms with van der Waals surface area (Å²) in [4.78, 5) is 11.7. The molecule has 4 N–H and O–H groups in total. The number of nitrogens with two attached hydrogens (primary N) is 1. The van der Waals surface area contributed by atoms with E-state index in [9.17, 15) is 13.2 Å². The molecule has 1 aromatic carbocycles. The molecule has 1 amide bonds. The summed E-state index contributed by atoms with van der Waals surface area (Å²) in [5.74, 6) is -0.361. The highest BCUT2D eigenvalue weighted by Gasteiger charge is 2.14. The van der Waals surface area contributed by atoms with Crippen molar-refractivity contribution in [3.8, 4) is 0 Å². The average Bonchev–Trinajstić information content (AvgIpc) is 2.41. The van der Waals surface area contributed by atoms with Crippen LogP contribution in [0.3, 0.4) is 0 Å². The van der Waals surface area contributed by atoms with Crippen molar-refractivity contribution in [2.24, 2.45) is 5.73 Å². The normalized spacial score (nSPS) is 11.3. The molecule has 0 radical (unpaired) electrons. The molecule has 1 rings (SSSR count). The second-order valence-electron chi connectivity index (χ2n) is 4.07. The summed E-state index contributed by atoms with van der Waals surface area (Å²) in [7, 11) is -2.22. The molecule has 0 heterocycles. The fourth-order valence-corrected chi connectivity index (χ4v) is 2.21. The zero-order valence-electron chi connectivity index (χ0n) is 11.5. The number of rotatable bonds is 7. The Morgan fingerprint density at radius 1 is 1.40 bits per heavy atom. The Labute approximate surface area is 118 Å². The van der Waals surface area contributed by atoms with Crippen molar-refractivity contribution in [1.82, 2.24) is 4.72 Å². The molecule has 0 aliphatic rings. The molecule has 20 heavy (non-hydrogen) atoms. The van der Waals surface area contributed by atoms with Gasteiger partial charge in [0.2, 0.25) is 15.9 Å². The van der Waals surface area contributed by atoms with Gasteiger partial charge in [0.25, 0.3) is 0 Å². The summed E-state index contributed by atoms with van der Waals surface area (Å²) in [6, 6.07) is 4.50. The minimum absolute atomic E-state index is 0.0868. The first-order valence-corrected chi connectivity index (χ1v) is 7.51. The molecule has 0 aromatic heterocycles. The summed E-state index contributed by atoms with van der Waals surface area (Å²) in [5.41, 5.74) is 6.43. The lowest BCUT2D eigenvalue weighted by molar-refractivity contribution is -0.120. The summed E-state index contributed by atoms with van der Waals surface area (Å²) in [6.07, 6.45) is 0. The highest BCUT2D eigenvalue weighted by Crippen LogP contribution is 2.19. The van der Waals surface area contributed by atoms with E-state index in [0.717, 1.165) is 5.56 Å². The Kier molecular flexibility index (Phi) is 6.08. The standard InChI is InChI=1S/C12H19N3O4S/c1-9-3-4-10(20(17,18)14-2)7-11(9)15-12(16)8-19-6-5-13/h3-4,7,14H,5-6,8,13H2,1-2H3,(H,15,16). The van der Waals surface area contributed by atoms with E-state index in [1.54, 1.807) is 13.0 Å². The van der Waals surface area contributed by atoms with Crippen molar-refractivity contribution in [1.29, 1.82) is 0 Å². The Balaban J connectivity index is 2.85. The van der Waals surface area contributed by atoms with E-state index in [4.69, 9.17) is 10.5 Å². The maximum absolute atomic E-state index is 11.7. The van der Waals surface area contributed by atoms with Gasteiger partial charge in [0, 0.05) is 12.2 Å². The highest BCUT2D eigenvalue weighted by molar-refractivity contribution is 7.89. The van der Waals surface area contributed by atoms with Gasteiger partial charge in [-0.05, 0) is 31.7 Å². The quantitative estimate of drug-likeness (QED) is 0.605. The van der Waals surface area contributed by atoms with E-state index in [1.165, 1.54) is 19.2 Å². The van der Waals surface area contributed by atoms with Gasteiger partial charge in [-0.2, -0.15) is 0 Å². The second-order valence-corrected chi connectivity index (χ2v) is 5.96. The zero-order valence-corrected chi connectivity index (χ0v) is 12.3. The van der Waals surface area contributed by atoms with Crippen LogP contribution in [0.25, 0.3) is 0 Å². The van der Waals surface area contributed by atoms with Crippen molar-refractivity contribution in [2.75, 3.05) is 32.1 Å². The number of sulfonamides is 1.